The Hall–Kier alpha value is -1.30. The van der Waals surface area contributed by atoms with Crippen LogP contribution in [0.25, 0.3) is 0 Å². The highest BCUT2D eigenvalue weighted by atomic mass is 19.3. The van der Waals surface area contributed by atoms with E-state index in [0.29, 0.717) is 12.1 Å². The third-order valence-corrected chi connectivity index (χ3v) is 1.86. The molecule has 2 N–H and O–H groups in total. The van der Waals surface area contributed by atoms with E-state index < -0.39 is 35.4 Å². The molecule has 84 valence electrons. The van der Waals surface area contributed by atoms with Gasteiger partial charge in [0.25, 0.3) is 5.92 Å². The van der Waals surface area contributed by atoms with Gasteiger partial charge in [0.05, 0.1) is 19.2 Å². The van der Waals surface area contributed by atoms with Crippen LogP contribution in [0, 0.1) is 11.6 Å². The fourth-order valence-electron chi connectivity index (χ4n) is 1.15. The van der Waals surface area contributed by atoms with Gasteiger partial charge in [0.2, 0.25) is 0 Å². The van der Waals surface area contributed by atoms with Crippen molar-refractivity contribution in [2.24, 2.45) is 5.73 Å². The monoisotopic (exact) mass is 223 g/mol. The summed E-state index contributed by atoms with van der Waals surface area (Å²) in [5, 5.41) is 0. The molecule has 0 fully saturated rings. The Morgan fingerprint density at radius 3 is 2.40 bits per heavy atom. The van der Waals surface area contributed by atoms with Gasteiger partial charge in [-0.2, -0.15) is 8.78 Å². The van der Waals surface area contributed by atoms with Crippen molar-refractivity contribution in [3.63, 3.8) is 0 Å². The summed E-state index contributed by atoms with van der Waals surface area (Å²) in [5.74, 6) is -6.49. The summed E-state index contributed by atoms with van der Waals surface area (Å²) in [4.78, 5) is 0. The molecule has 0 aliphatic rings. The zero-order chi connectivity index (χ0) is 11.6. The number of rotatable bonds is 3. The minimum atomic E-state index is -3.52. The van der Waals surface area contributed by atoms with Gasteiger partial charge in [0.1, 0.15) is 5.82 Å². The van der Waals surface area contributed by atoms with Gasteiger partial charge in [0.15, 0.2) is 11.6 Å². The van der Waals surface area contributed by atoms with E-state index >= 15 is 0 Å². The van der Waals surface area contributed by atoms with E-state index in [1.54, 1.807) is 0 Å². The van der Waals surface area contributed by atoms with Crippen molar-refractivity contribution in [2.75, 3.05) is 13.7 Å². The first-order chi connectivity index (χ1) is 6.92. The minimum absolute atomic E-state index is 0.467. The molecular weight excluding hydrogens is 214 g/mol. The fraction of sp³-hybridized carbons (Fsp3) is 0.333. The molecular formula is C9H9F4NO. The lowest BCUT2D eigenvalue weighted by molar-refractivity contribution is 0.00284. The molecule has 0 bridgehead atoms. The maximum absolute atomic E-state index is 13.2. The summed E-state index contributed by atoms with van der Waals surface area (Å²) < 4.78 is 56.5. The number of ether oxygens (including phenoxy) is 1. The predicted octanol–water partition coefficient (Wildman–Crippen LogP) is 2.02. The Morgan fingerprint density at radius 1 is 1.33 bits per heavy atom. The molecule has 0 aliphatic carbocycles. The fourth-order valence-corrected chi connectivity index (χ4v) is 1.15. The number of benzene rings is 1. The highest BCUT2D eigenvalue weighted by molar-refractivity contribution is 5.39. The van der Waals surface area contributed by atoms with Gasteiger partial charge in [-0.3, -0.25) is 0 Å². The van der Waals surface area contributed by atoms with Crippen molar-refractivity contribution in [3.05, 3.63) is 29.3 Å². The van der Waals surface area contributed by atoms with Crippen LogP contribution in [0.5, 0.6) is 5.75 Å². The lowest BCUT2D eigenvalue weighted by Gasteiger charge is -2.17. The molecule has 1 rings (SSSR count). The molecule has 0 atom stereocenters. The van der Waals surface area contributed by atoms with Crippen LogP contribution in [0.4, 0.5) is 17.6 Å². The molecule has 0 saturated heterocycles. The van der Waals surface area contributed by atoms with E-state index in [1.807, 2.05) is 0 Å². The molecule has 1 aromatic rings. The Bertz CT molecular complexity index is 367. The van der Waals surface area contributed by atoms with Crippen LogP contribution in [0.2, 0.25) is 0 Å². The van der Waals surface area contributed by atoms with E-state index in [4.69, 9.17) is 5.73 Å². The van der Waals surface area contributed by atoms with E-state index in [9.17, 15) is 17.6 Å². The Kier molecular flexibility index (Phi) is 3.18. The van der Waals surface area contributed by atoms with Crippen molar-refractivity contribution < 1.29 is 22.3 Å². The maximum Gasteiger partial charge on any atom is 0.288 e. The lowest BCUT2D eigenvalue weighted by Crippen LogP contribution is -2.26. The molecule has 0 heterocycles. The zero-order valence-corrected chi connectivity index (χ0v) is 7.86. The first-order valence-corrected chi connectivity index (χ1v) is 4.03. The van der Waals surface area contributed by atoms with Gasteiger partial charge in [-0.15, -0.1) is 0 Å². The third-order valence-electron chi connectivity index (χ3n) is 1.86. The highest BCUT2D eigenvalue weighted by Crippen LogP contribution is 2.36. The van der Waals surface area contributed by atoms with E-state index in [2.05, 4.69) is 4.74 Å². The van der Waals surface area contributed by atoms with Gasteiger partial charge >= 0.3 is 0 Å². The molecule has 0 aliphatic heterocycles. The zero-order valence-electron chi connectivity index (χ0n) is 7.86. The molecule has 6 heteroatoms. The second-order valence-corrected chi connectivity index (χ2v) is 2.88. The van der Waals surface area contributed by atoms with Gasteiger partial charge in [-0.1, -0.05) is 0 Å². The van der Waals surface area contributed by atoms with Crippen LogP contribution in [0.3, 0.4) is 0 Å². The number of hydrogen-bond donors (Lipinski definition) is 1. The molecule has 0 amide bonds. The number of halogens is 4. The molecule has 2 nitrogen and oxygen atoms in total. The number of methoxy groups -OCH3 is 1. The van der Waals surface area contributed by atoms with Gasteiger partial charge in [-0.25, -0.2) is 8.78 Å². The summed E-state index contributed by atoms with van der Waals surface area (Å²) in [6, 6.07) is 0.976. The summed E-state index contributed by atoms with van der Waals surface area (Å²) in [6.07, 6.45) is 0. The molecule has 1 aromatic carbocycles. The summed E-state index contributed by atoms with van der Waals surface area (Å²) in [7, 11) is 1.02. The number of alkyl halides is 2. The molecule has 15 heavy (non-hydrogen) atoms. The van der Waals surface area contributed by atoms with Crippen LogP contribution < -0.4 is 10.5 Å². The van der Waals surface area contributed by atoms with Crippen molar-refractivity contribution in [3.8, 4) is 5.75 Å². The second-order valence-electron chi connectivity index (χ2n) is 2.88. The highest BCUT2D eigenvalue weighted by Gasteiger charge is 2.35. The molecule has 0 spiro atoms. The minimum Gasteiger partial charge on any atom is -0.493 e. The van der Waals surface area contributed by atoms with E-state index in [1.165, 1.54) is 0 Å². The standard InChI is InChI=1S/C9H9F4NO/c1-15-8-6(9(12,13)4-14)2-5(10)3-7(8)11/h2-3H,4,14H2,1H3. The lowest BCUT2D eigenvalue weighted by atomic mass is 10.1. The topological polar surface area (TPSA) is 35.2 Å². The van der Waals surface area contributed by atoms with Gasteiger partial charge < -0.3 is 10.5 Å². The quantitative estimate of drug-likeness (QED) is 0.795. The van der Waals surface area contributed by atoms with E-state index in [-0.39, 0.29) is 0 Å². The van der Waals surface area contributed by atoms with Crippen molar-refractivity contribution >= 4 is 0 Å². The van der Waals surface area contributed by atoms with Crippen LogP contribution in [-0.4, -0.2) is 13.7 Å². The van der Waals surface area contributed by atoms with Crippen LogP contribution >= 0.6 is 0 Å². The molecule has 0 saturated carbocycles. The first-order valence-electron chi connectivity index (χ1n) is 4.03. The predicted molar refractivity (Wildman–Crippen MR) is 45.9 cm³/mol. The summed E-state index contributed by atoms with van der Waals surface area (Å²) >= 11 is 0. The third kappa shape index (κ3) is 2.20. The number of nitrogens with two attached hydrogens (primary N) is 1. The van der Waals surface area contributed by atoms with E-state index in [0.717, 1.165) is 7.11 Å². The maximum atomic E-state index is 13.2. The Morgan fingerprint density at radius 2 is 1.93 bits per heavy atom. The Labute approximate surface area is 83.6 Å². The van der Waals surface area contributed by atoms with Gasteiger partial charge in [0, 0.05) is 6.07 Å². The average Bonchev–Trinajstić information content (AvgIpc) is 2.16. The summed E-state index contributed by atoms with van der Waals surface area (Å²) in [6.45, 7) is -1.05. The second kappa shape index (κ2) is 4.06. The van der Waals surface area contributed by atoms with Crippen molar-refractivity contribution in [1.29, 1.82) is 0 Å². The van der Waals surface area contributed by atoms with Gasteiger partial charge in [-0.05, 0) is 6.07 Å². The van der Waals surface area contributed by atoms with Crippen molar-refractivity contribution in [2.45, 2.75) is 5.92 Å². The largest absolute Gasteiger partial charge is 0.493 e. The van der Waals surface area contributed by atoms with Crippen molar-refractivity contribution in [1.82, 2.24) is 0 Å². The average molecular weight is 223 g/mol. The summed E-state index contributed by atoms with van der Waals surface area (Å²) in [5.41, 5.74) is 3.93. The normalized spacial score (nSPS) is 11.6. The van der Waals surface area contributed by atoms with Crippen LogP contribution in [0.1, 0.15) is 5.56 Å². The Balaban J connectivity index is 3.39. The van der Waals surface area contributed by atoms with Crippen LogP contribution in [-0.2, 0) is 5.92 Å². The number of hydrogen-bond acceptors (Lipinski definition) is 2. The first kappa shape index (κ1) is 11.8. The smallest absolute Gasteiger partial charge is 0.288 e. The SMILES string of the molecule is COc1c(F)cc(F)cc1C(F)(F)CN. The molecule has 0 radical (unpaired) electrons. The van der Waals surface area contributed by atoms with Crippen LogP contribution in [0.15, 0.2) is 12.1 Å². The molecule has 0 aromatic heterocycles. The molecule has 0 unspecified atom stereocenters.